The van der Waals surface area contributed by atoms with E-state index in [1.807, 2.05) is 23.9 Å². The van der Waals surface area contributed by atoms with Crippen LogP contribution in [0.5, 0.6) is 0 Å². The molecule has 1 fully saturated rings. The third kappa shape index (κ3) is 3.01. The Morgan fingerprint density at radius 1 is 1.35 bits per heavy atom. The molecule has 20 heavy (non-hydrogen) atoms. The van der Waals surface area contributed by atoms with Gasteiger partial charge >= 0.3 is 0 Å². The van der Waals surface area contributed by atoms with Gasteiger partial charge in [0.1, 0.15) is 0 Å². The second kappa shape index (κ2) is 6.19. The van der Waals surface area contributed by atoms with Gasteiger partial charge in [-0.25, -0.2) is 4.98 Å². The second-order valence-electron chi connectivity index (χ2n) is 5.85. The number of rotatable bonds is 4. The van der Waals surface area contributed by atoms with E-state index in [9.17, 15) is 0 Å². The number of hydrogen-bond donors (Lipinski definition) is 2. The Balaban J connectivity index is 1.71. The van der Waals surface area contributed by atoms with Gasteiger partial charge in [-0.05, 0) is 37.3 Å². The quantitative estimate of drug-likeness (QED) is 0.896. The molecule has 3 unspecified atom stereocenters. The zero-order chi connectivity index (χ0) is 13.9. The Bertz CT molecular complexity index is 533. The summed E-state index contributed by atoms with van der Waals surface area (Å²) in [6, 6.07) is 8.50. The molecule has 0 amide bonds. The fourth-order valence-electron chi connectivity index (χ4n) is 3.17. The molecular formula is C16H23N3S. The molecule has 3 N–H and O–H groups in total. The zero-order valence-corrected chi connectivity index (χ0v) is 12.8. The van der Waals surface area contributed by atoms with E-state index in [2.05, 4.69) is 29.0 Å². The van der Waals surface area contributed by atoms with Crippen LogP contribution in [0.3, 0.4) is 0 Å². The van der Waals surface area contributed by atoms with Crippen molar-refractivity contribution in [2.24, 2.45) is 11.7 Å². The molecule has 2 aromatic rings. The van der Waals surface area contributed by atoms with Crippen LogP contribution in [0, 0.1) is 5.92 Å². The van der Waals surface area contributed by atoms with Gasteiger partial charge in [0.15, 0.2) is 5.16 Å². The van der Waals surface area contributed by atoms with Gasteiger partial charge in [0.2, 0.25) is 0 Å². The Morgan fingerprint density at radius 2 is 2.20 bits per heavy atom. The maximum atomic E-state index is 6.32. The van der Waals surface area contributed by atoms with E-state index >= 15 is 0 Å². The first-order valence-electron chi connectivity index (χ1n) is 7.63. The third-order valence-electron chi connectivity index (χ3n) is 4.28. The van der Waals surface area contributed by atoms with Crippen molar-refractivity contribution >= 4 is 22.8 Å². The van der Waals surface area contributed by atoms with Gasteiger partial charge in [-0.2, -0.15) is 0 Å². The van der Waals surface area contributed by atoms with Gasteiger partial charge < -0.3 is 10.7 Å². The molecule has 3 nitrogen and oxygen atoms in total. The van der Waals surface area contributed by atoms with Crippen molar-refractivity contribution in [2.75, 3.05) is 0 Å². The first-order valence-corrected chi connectivity index (χ1v) is 8.51. The Labute approximate surface area is 124 Å². The highest BCUT2D eigenvalue weighted by Crippen LogP contribution is 2.36. The molecule has 1 heterocycles. The summed E-state index contributed by atoms with van der Waals surface area (Å²) >= 11 is 1.84. The monoisotopic (exact) mass is 289 g/mol. The number of aromatic amines is 1. The van der Waals surface area contributed by atoms with Crippen LogP contribution >= 0.6 is 11.8 Å². The smallest absolute Gasteiger partial charge is 0.166 e. The van der Waals surface area contributed by atoms with Crippen LogP contribution in [0.15, 0.2) is 29.4 Å². The van der Waals surface area contributed by atoms with E-state index in [-0.39, 0.29) is 0 Å². The van der Waals surface area contributed by atoms with E-state index in [1.165, 1.54) is 25.7 Å². The van der Waals surface area contributed by atoms with Crippen molar-refractivity contribution in [2.45, 2.75) is 55.5 Å². The summed E-state index contributed by atoms with van der Waals surface area (Å²) in [5.74, 6) is 0.849. The molecule has 0 radical (unpaired) electrons. The van der Waals surface area contributed by atoms with E-state index in [0.717, 1.165) is 28.5 Å². The van der Waals surface area contributed by atoms with E-state index in [1.54, 1.807) is 0 Å². The fourth-order valence-corrected chi connectivity index (χ4v) is 4.46. The first kappa shape index (κ1) is 14.0. The number of benzene rings is 1. The summed E-state index contributed by atoms with van der Waals surface area (Å²) in [4.78, 5) is 8.07. The number of aromatic nitrogens is 2. The van der Waals surface area contributed by atoms with Crippen LogP contribution in [-0.2, 0) is 0 Å². The summed E-state index contributed by atoms with van der Waals surface area (Å²) in [6.07, 6.45) is 6.30. The van der Waals surface area contributed by atoms with Crippen LogP contribution in [0.2, 0.25) is 0 Å². The molecule has 1 saturated carbocycles. The summed E-state index contributed by atoms with van der Waals surface area (Å²) in [7, 11) is 0. The number of nitrogens with one attached hydrogen (secondary N) is 1. The van der Waals surface area contributed by atoms with E-state index < -0.39 is 0 Å². The van der Waals surface area contributed by atoms with Gasteiger partial charge in [0.25, 0.3) is 0 Å². The lowest BCUT2D eigenvalue weighted by Gasteiger charge is -2.33. The normalized spacial score (nSPS) is 27.0. The average molecular weight is 289 g/mol. The number of nitrogens with zero attached hydrogens (tertiary/aromatic N) is 1. The molecule has 1 aromatic heterocycles. The van der Waals surface area contributed by atoms with Crippen molar-refractivity contribution < 1.29 is 0 Å². The summed E-state index contributed by atoms with van der Waals surface area (Å²) in [5.41, 5.74) is 8.48. The highest BCUT2D eigenvalue weighted by Gasteiger charge is 2.29. The first-order chi connectivity index (χ1) is 9.76. The lowest BCUT2D eigenvalue weighted by Crippen LogP contribution is -2.38. The maximum absolute atomic E-state index is 6.32. The third-order valence-corrected chi connectivity index (χ3v) is 5.54. The number of fused-ring (bicyclic) bond motifs is 1. The lowest BCUT2D eigenvalue weighted by atomic mass is 9.83. The minimum atomic E-state index is 0.307. The molecule has 4 heteroatoms. The van der Waals surface area contributed by atoms with Crippen LogP contribution in [0.4, 0.5) is 0 Å². The molecule has 3 rings (SSSR count). The molecular weight excluding hydrogens is 266 g/mol. The minimum absolute atomic E-state index is 0.307. The van der Waals surface area contributed by atoms with Crippen molar-refractivity contribution in [1.82, 2.24) is 9.97 Å². The molecule has 1 aliphatic carbocycles. The highest BCUT2D eigenvalue weighted by atomic mass is 32.2. The molecule has 0 spiro atoms. The van der Waals surface area contributed by atoms with Crippen molar-refractivity contribution in [1.29, 1.82) is 0 Å². The standard InChI is InChI=1S/C16H23N3S/c1-2-5-11-8-9-12(17)15(10-11)20-16-18-13-6-3-4-7-14(13)19-16/h3-4,6-7,11-12,15H,2,5,8-10,17H2,1H3,(H,18,19). The summed E-state index contributed by atoms with van der Waals surface area (Å²) in [5, 5.41) is 1.52. The molecule has 3 atom stereocenters. The Kier molecular flexibility index (Phi) is 4.32. The molecule has 1 aliphatic rings. The Hall–Kier alpha value is -1.00. The van der Waals surface area contributed by atoms with Crippen LogP contribution in [0.25, 0.3) is 11.0 Å². The SMILES string of the molecule is CCCC1CCC(N)C(Sc2nc3ccccc3[nH]2)C1. The maximum Gasteiger partial charge on any atom is 0.166 e. The topological polar surface area (TPSA) is 54.7 Å². The van der Waals surface area contributed by atoms with Gasteiger partial charge in [0.05, 0.1) is 11.0 Å². The van der Waals surface area contributed by atoms with Crippen LogP contribution in [0.1, 0.15) is 39.0 Å². The number of hydrogen-bond acceptors (Lipinski definition) is 3. The number of H-pyrrole nitrogens is 1. The number of thioether (sulfide) groups is 1. The Morgan fingerprint density at radius 3 is 3.00 bits per heavy atom. The van der Waals surface area contributed by atoms with Gasteiger partial charge in [-0.15, -0.1) is 0 Å². The number of imidazole rings is 1. The van der Waals surface area contributed by atoms with Gasteiger partial charge in [-0.3, -0.25) is 0 Å². The largest absolute Gasteiger partial charge is 0.333 e. The molecule has 0 bridgehead atoms. The zero-order valence-electron chi connectivity index (χ0n) is 12.0. The van der Waals surface area contributed by atoms with Crippen LogP contribution < -0.4 is 5.73 Å². The van der Waals surface area contributed by atoms with E-state index in [0.29, 0.717) is 11.3 Å². The number of para-hydroxylation sites is 2. The van der Waals surface area contributed by atoms with Crippen molar-refractivity contribution in [3.8, 4) is 0 Å². The summed E-state index contributed by atoms with van der Waals surface area (Å²) < 4.78 is 0. The minimum Gasteiger partial charge on any atom is -0.333 e. The summed E-state index contributed by atoms with van der Waals surface area (Å²) in [6.45, 7) is 2.27. The molecule has 0 aliphatic heterocycles. The second-order valence-corrected chi connectivity index (χ2v) is 7.07. The predicted molar refractivity (Wildman–Crippen MR) is 86.0 cm³/mol. The number of nitrogens with two attached hydrogens (primary N) is 1. The molecule has 0 saturated heterocycles. The fraction of sp³-hybridized carbons (Fsp3) is 0.562. The molecule has 108 valence electrons. The van der Waals surface area contributed by atoms with E-state index in [4.69, 9.17) is 5.73 Å². The average Bonchev–Trinajstić information content (AvgIpc) is 2.85. The lowest BCUT2D eigenvalue weighted by molar-refractivity contribution is 0.316. The van der Waals surface area contributed by atoms with Gasteiger partial charge in [-0.1, -0.05) is 43.7 Å². The molecule has 1 aromatic carbocycles. The van der Waals surface area contributed by atoms with Crippen LogP contribution in [-0.4, -0.2) is 21.3 Å². The van der Waals surface area contributed by atoms with Crippen molar-refractivity contribution in [3.05, 3.63) is 24.3 Å². The highest BCUT2D eigenvalue weighted by molar-refractivity contribution is 7.99. The van der Waals surface area contributed by atoms with Crippen molar-refractivity contribution in [3.63, 3.8) is 0 Å². The van der Waals surface area contributed by atoms with Gasteiger partial charge in [0, 0.05) is 11.3 Å². The predicted octanol–water partition coefficient (Wildman–Crippen LogP) is 3.95.